The van der Waals surface area contributed by atoms with Crippen molar-refractivity contribution in [2.24, 2.45) is 11.7 Å². The summed E-state index contributed by atoms with van der Waals surface area (Å²) in [7, 11) is 0. The fraction of sp³-hybridized carbons (Fsp3) is 0.579. The maximum atomic E-state index is 12.9. The van der Waals surface area contributed by atoms with E-state index in [0.29, 0.717) is 19.4 Å². The van der Waals surface area contributed by atoms with Crippen molar-refractivity contribution in [3.05, 3.63) is 29.6 Å². The molecule has 7 nitrogen and oxygen atoms in total. The minimum Gasteiger partial charge on any atom is -0.369 e. The van der Waals surface area contributed by atoms with Crippen LogP contribution in [0.2, 0.25) is 0 Å². The largest absolute Gasteiger partial charge is 0.369 e. The van der Waals surface area contributed by atoms with E-state index in [1.54, 1.807) is 11.8 Å². The number of nitrogens with zero attached hydrogens (tertiary/aromatic N) is 2. The van der Waals surface area contributed by atoms with Gasteiger partial charge in [-0.05, 0) is 44.9 Å². The van der Waals surface area contributed by atoms with Crippen molar-refractivity contribution < 1.29 is 14.4 Å². The lowest BCUT2D eigenvalue weighted by Gasteiger charge is -2.30. The number of nitrogens with one attached hydrogen (secondary N) is 1. The standard InChI is InChI=1S/C19H28N4O3/c1-13(19(20)26)8-9-18(25)23(12-15-6-3-5-14(2)22-15)16-7-4-10-21-11-17(16)24/h3,5-6,13,16,21H,4,7-12H2,1-2H3,(H2,20,26)/t13?,16-/m0/s1. The number of amides is 2. The van der Waals surface area contributed by atoms with E-state index in [0.717, 1.165) is 24.4 Å². The molecule has 1 aromatic heterocycles. The van der Waals surface area contributed by atoms with Crippen LogP contribution in [0.15, 0.2) is 18.2 Å². The van der Waals surface area contributed by atoms with Gasteiger partial charge in [0.15, 0.2) is 5.78 Å². The van der Waals surface area contributed by atoms with Crippen LogP contribution < -0.4 is 11.1 Å². The molecule has 0 saturated carbocycles. The molecule has 2 heterocycles. The quantitative estimate of drug-likeness (QED) is 0.753. The van der Waals surface area contributed by atoms with Crippen molar-refractivity contribution in [1.29, 1.82) is 0 Å². The molecule has 2 rings (SSSR count). The molecule has 1 saturated heterocycles. The molecular formula is C19H28N4O3. The maximum Gasteiger partial charge on any atom is 0.223 e. The van der Waals surface area contributed by atoms with E-state index in [2.05, 4.69) is 10.3 Å². The molecule has 1 aromatic rings. The van der Waals surface area contributed by atoms with E-state index in [9.17, 15) is 14.4 Å². The van der Waals surface area contributed by atoms with Gasteiger partial charge >= 0.3 is 0 Å². The number of Topliss-reactive ketones (excluding diaryl/α,β-unsaturated/α-hetero) is 1. The van der Waals surface area contributed by atoms with Crippen molar-refractivity contribution in [2.75, 3.05) is 13.1 Å². The molecule has 26 heavy (non-hydrogen) atoms. The van der Waals surface area contributed by atoms with Crippen LogP contribution >= 0.6 is 0 Å². The van der Waals surface area contributed by atoms with Crippen molar-refractivity contribution in [3.8, 4) is 0 Å². The SMILES string of the molecule is Cc1cccc(CN(C(=O)CCC(C)C(N)=O)[C@H]2CCCNCC2=O)n1. The molecule has 0 spiro atoms. The molecule has 1 aliphatic heterocycles. The van der Waals surface area contributed by atoms with E-state index in [4.69, 9.17) is 5.73 Å². The zero-order chi connectivity index (χ0) is 19.1. The number of rotatable bonds is 7. The minimum atomic E-state index is -0.455. The number of carbonyl (C=O) groups is 3. The Labute approximate surface area is 154 Å². The molecule has 2 atom stereocenters. The summed E-state index contributed by atoms with van der Waals surface area (Å²) in [5.74, 6) is -0.906. The van der Waals surface area contributed by atoms with Crippen LogP contribution in [0.25, 0.3) is 0 Å². The van der Waals surface area contributed by atoms with Crippen LogP contribution in [0.4, 0.5) is 0 Å². The Kier molecular flexibility index (Phi) is 7.26. The summed E-state index contributed by atoms with van der Waals surface area (Å²) >= 11 is 0. The molecule has 3 N–H and O–H groups in total. The smallest absolute Gasteiger partial charge is 0.223 e. The molecule has 1 aliphatic rings. The number of hydrogen-bond donors (Lipinski definition) is 2. The van der Waals surface area contributed by atoms with Crippen LogP contribution in [-0.4, -0.2) is 46.6 Å². The fourth-order valence-corrected chi connectivity index (χ4v) is 3.10. The minimum absolute atomic E-state index is 0.0199. The van der Waals surface area contributed by atoms with Gasteiger partial charge in [-0.3, -0.25) is 19.4 Å². The van der Waals surface area contributed by atoms with Gasteiger partial charge in [-0.25, -0.2) is 0 Å². The maximum absolute atomic E-state index is 12.9. The summed E-state index contributed by atoms with van der Waals surface area (Å²) in [4.78, 5) is 42.7. The summed E-state index contributed by atoms with van der Waals surface area (Å²) in [6.07, 6.45) is 2.03. The topological polar surface area (TPSA) is 105 Å². The monoisotopic (exact) mass is 360 g/mol. The first-order chi connectivity index (χ1) is 12.4. The first-order valence-electron chi connectivity index (χ1n) is 9.13. The van der Waals surface area contributed by atoms with Gasteiger partial charge < -0.3 is 16.0 Å². The van der Waals surface area contributed by atoms with Crippen LogP contribution in [0.1, 0.15) is 44.0 Å². The second-order valence-corrected chi connectivity index (χ2v) is 6.94. The number of primary amides is 1. The summed E-state index contributed by atoms with van der Waals surface area (Å²) in [5, 5.41) is 3.09. The Morgan fingerprint density at radius 2 is 2.19 bits per heavy atom. The molecule has 2 amide bonds. The lowest BCUT2D eigenvalue weighted by atomic mass is 10.0. The zero-order valence-electron chi connectivity index (χ0n) is 15.5. The number of carbonyl (C=O) groups excluding carboxylic acids is 3. The van der Waals surface area contributed by atoms with Crippen molar-refractivity contribution >= 4 is 17.6 Å². The molecule has 0 radical (unpaired) electrons. The molecule has 7 heteroatoms. The second kappa shape index (κ2) is 9.43. The molecule has 0 aliphatic carbocycles. The molecule has 0 bridgehead atoms. The lowest BCUT2D eigenvalue weighted by molar-refractivity contribution is -0.140. The van der Waals surface area contributed by atoms with Crippen molar-refractivity contribution in [1.82, 2.24) is 15.2 Å². The van der Waals surface area contributed by atoms with Gasteiger partial charge in [0, 0.05) is 18.0 Å². The molecular weight excluding hydrogens is 332 g/mol. The number of hydrogen-bond acceptors (Lipinski definition) is 5. The first-order valence-corrected chi connectivity index (χ1v) is 9.13. The van der Waals surface area contributed by atoms with Crippen LogP contribution in [0.5, 0.6) is 0 Å². The van der Waals surface area contributed by atoms with Gasteiger partial charge in [-0.15, -0.1) is 0 Å². The van der Waals surface area contributed by atoms with E-state index in [1.807, 2.05) is 25.1 Å². The predicted octanol–water partition coefficient (Wildman–Crippen LogP) is 0.941. The normalized spacial score (nSPS) is 18.8. The average molecular weight is 360 g/mol. The molecule has 0 aromatic carbocycles. The second-order valence-electron chi connectivity index (χ2n) is 6.94. The molecule has 1 fully saturated rings. The van der Waals surface area contributed by atoms with Crippen molar-refractivity contribution in [3.63, 3.8) is 0 Å². The lowest BCUT2D eigenvalue weighted by Crippen LogP contribution is -2.46. The zero-order valence-corrected chi connectivity index (χ0v) is 15.5. The van der Waals surface area contributed by atoms with Gasteiger partial charge in [0.05, 0.1) is 24.8 Å². The Hall–Kier alpha value is -2.28. The Bertz CT molecular complexity index is 662. The van der Waals surface area contributed by atoms with E-state index < -0.39 is 11.9 Å². The predicted molar refractivity (Wildman–Crippen MR) is 98.0 cm³/mol. The van der Waals surface area contributed by atoms with Gasteiger partial charge in [0.1, 0.15) is 0 Å². The Morgan fingerprint density at radius 1 is 1.42 bits per heavy atom. The summed E-state index contributed by atoms with van der Waals surface area (Å²) in [6.45, 7) is 4.94. The highest BCUT2D eigenvalue weighted by molar-refractivity contribution is 5.90. The number of aromatic nitrogens is 1. The highest BCUT2D eigenvalue weighted by Gasteiger charge is 2.31. The van der Waals surface area contributed by atoms with Crippen LogP contribution in [-0.2, 0) is 20.9 Å². The van der Waals surface area contributed by atoms with E-state index in [-0.39, 0.29) is 30.6 Å². The number of aryl methyl sites for hydroxylation is 1. The van der Waals surface area contributed by atoms with Gasteiger partial charge in [0.25, 0.3) is 0 Å². The number of ketones is 1. The third-order valence-corrected chi connectivity index (χ3v) is 4.75. The van der Waals surface area contributed by atoms with E-state index in [1.165, 1.54) is 0 Å². The summed E-state index contributed by atoms with van der Waals surface area (Å²) < 4.78 is 0. The highest BCUT2D eigenvalue weighted by atomic mass is 16.2. The Morgan fingerprint density at radius 3 is 2.88 bits per heavy atom. The number of nitrogens with two attached hydrogens (primary N) is 1. The van der Waals surface area contributed by atoms with Crippen LogP contribution in [0, 0.1) is 12.8 Å². The van der Waals surface area contributed by atoms with Gasteiger partial charge in [-0.1, -0.05) is 13.0 Å². The van der Waals surface area contributed by atoms with Crippen molar-refractivity contribution in [2.45, 2.75) is 52.1 Å². The van der Waals surface area contributed by atoms with E-state index >= 15 is 0 Å². The third kappa shape index (κ3) is 5.62. The summed E-state index contributed by atoms with van der Waals surface area (Å²) in [6, 6.07) is 5.19. The van der Waals surface area contributed by atoms with Gasteiger partial charge in [0.2, 0.25) is 11.8 Å². The average Bonchev–Trinajstić information content (AvgIpc) is 2.81. The Balaban J connectivity index is 2.17. The molecule has 1 unspecified atom stereocenters. The third-order valence-electron chi connectivity index (χ3n) is 4.75. The fourth-order valence-electron chi connectivity index (χ4n) is 3.10. The molecule has 142 valence electrons. The summed E-state index contributed by atoms with van der Waals surface area (Å²) in [5.41, 5.74) is 6.91. The van der Waals surface area contributed by atoms with Crippen LogP contribution in [0.3, 0.4) is 0 Å². The first kappa shape index (κ1) is 20.0. The van der Waals surface area contributed by atoms with Gasteiger partial charge in [-0.2, -0.15) is 0 Å². The number of pyridine rings is 1. The highest BCUT2D eigenvalue weighted by Crippen LogP contribution is 2.18.